The SMILES string of the molecule is CCC1CCCCN1CCNC(=NC)NCCc1nc2ccccc2[nH]1. The summed E-state index contributed by atoms with van der Waals surface area (Å²) >= 11 is 0. The van der Waals surface area contributed by atoms with Crippen LogP contribution in [0.1, 0.15) is 38.4 Å². The van der Waals surface area contributed by atoms with Crippen LogP contribution in [0.2, 0.25) is 0 Å². The molecule has 1 aliphatic heterocycles. The van der Waals surface area contributed by atoms with E-state index < -0.39 is 0 Å². The lowest BCUT2D eigenvalue weighted by Gasteiger charge is -2.35. The van der Waals surface area contributed by atoms with E-state index in [-0.39, 0.29) is 0 Å². The van der Waals surface area contributed by atoms with Crippen LogP contribution in [0, 0.1) is 0 Å². The number of H-pyrrole nitrogens is 1. The van der Waals surface area contributed by atoms with Crippen LogP contribution >= 0.6 is 0 Å². The van der Waals surface area contributed by atoms with Gasteiger partial charge in [0.1, 0.15) is 5.82 Å². The Hall–Kier alpha value is -2.08. The van der Waals surface area contributed by atoms with Crippen LogP contribution in [-0.4, -0.2) is 60.1 Å². The summed E-state index contributed by atoms with van der Waals surface area (Å²) in [5.41, 5.74) is 2.12. The monoisotopic (exact) mass is 356 g/mol. The van der Waals surface area contributed by atoms with Gasteiger partial charge in [-0.3, -0.25) is 9.89 Å². The van der Waals surface area contributed by atoms with Crippen LogP contribution in [0.15, 0.2) is 29.3 Å². The minimum Gasteiger partial charge on any atom is -0.356 e. The molecule has 0 aliphatic carbocycles. The first-order chi connectivity index (χ1) is 12.8. The average molecular weight is 357 g/mol. The molecular formula is C20H32N6. The van der Waals surface area contributed by atoms with E-state index in [1.807, 2.05) is 25.2 Å². The molecular weight excluding hydrogens is 324 g/mol. The van der Waals surface area contributed by atoms with Crippen molar-refractivity contribution >= 4 is 17.0 Å². The molecule has 0 spiro atoms. The Morgan fingerprint density at radius 3 is 2.92 bits per heavy atom. The highest BCUT2D eigenvalue weighted by molar-refractivity contribution is 5.79. The maximum atomic E-state index is 4.61. The molecule has 2 aromatic rings. The van der Waals surface area contributed by atoms with Gasteiger partial charge in [0.2, 0.25) is 0 Å². The number of para-hydroxylation sites is 2. The lowest BCUT2D eigenvalue weighted by molar-refractivity contribution is 0.147. The Labute approximate surface area is 156 Å². The first kappa shape index (κ1) is 18.7. The third kappa shape index (κ3) is 4.97. The van der Waals surface area contributed by atoms with Gasteiger partial charge in [-0.15, -0.1) is 0 Å². The van der Waals surface area contributed by atoms with Crippen molar-refractivity contribution < 1.29 is 0 Å². The van der Waals surface area contributed by atoms with E-state index in [1.54, 1.807) is 0 Å². The molecule has 1 saturated heterocycles. The van der Waals surface area contributed by atoms with Crippen molar-refractivity contribution in [3.8, 4) is 0 Å². The summed E-state index contributed by atoms with van der Waals surface area (Å²) in [5, 5.41) is 6.83. The Bertz CT molecular complexity index is 674. The van der Waals surface area contributed by atoms with Gasteiger partial charge in [0.15, 0.2) is 5.96 Å². The van der Waals surface area contributed by atoms with Crippen LogP contribution in [0.4, 0.5) is 0 Å². The highest BCUT2D eigenvalue weighted by Crippen LogP contribution is 2.18. The first-order valence-electron chi connectivity index (χ1n) is 9.92. The molecule has 6 nitrogen and oxygen atoms in total. The molecule has 3 N–H and O–H groups in total. The Kier molecular flexibility index (Phi) is 6.89. The number of aliphatic imine (C=N–C) groups is 1. The fourth-order valence-corrected chi connectivity index (χ4v) is 3.78. The summed E-state index contributed by atoms with van der Waals surface area (Å²) in [5.74, 6) is 1.87. The highest BCUT2D eigenvalue weighted by atomic mass is 15.2. The number of fused-ring (bicyclic) bond motifs is 1. The summed E-state index contributed by atoms with van der Waals surface area (Å²) in [6.45, 7) is 6.36. The van der Waals surface area contributed by atoms with Gasteiger partial charge >= 0.3 is 0 Å². The molecule has 2 heterocycles. The molecule has 1 atom stereocenters. The standard InChI is InChI=1S/C20H32N6/c1-3-16-8-6-7-14-26(16)15-13-23-20(21-2)22-12-11-19-24-17-9-4-5-10-18(17)25-19/h4-5,9-10,16H,3,6-8,11-15H2,1-2H3,(H,24,25)(H2,21,22,23). The molecule has 0 bridgehead atoms. The maximum Gasteiger partial charge on any atom is 0.191 e. The number of aromatic amines is 1. The molecule has 1 aliphatic rings. The number of hydrogen-bond acceptors (Lipinski definition) is 3. The number of guanidine groups is 1. The number of aromatic nitrogens is 2. The quantitative estimate of drug-likeness (QED) is 0.527. The van der Waals surface area contributed by atoms with Gasteiger partial charge in [-0.1, -0.05) is 25.5 Å². The molecule has 26 heavy (non-hydrogen) atoms. The zero-order chi connectivity index (χ0) is 18.2. The normalized spacial score (nSPS) is 19.0. The zero-order valence-corrected chi connectivity index (χ0v) is 16.1. The van der Waals surface area contributed by atoms with E-state index in [4.69, 9.17) is 0 Å². The van der Waals surface area contributed by atoms with Crippen molar-refractivity contribution in [2.75, 3.05) is 33.2 Å². The number of benzene rings is 1. The Balaban J connectivity index is 1.39. The van der Waals surface area contributed by atoms with E-state index in [1.165, 1.54) is 32.2 Å². The number of piperidine rings is 1. The number of rotatable bonds is 7. The van der Waals surface area contributed by atoms with Crippen LogP contribution in [0.3, 0.4) is 0 Å². The lowest BCUT2D eigenvalue weighted by atomic mass is 10.0. The molecule has 0 saturated carbocycles. The second-order valence-electron chi connectivity index (χ2n) is 6.97. The molecule has 142 valence electrons. The lowest BCUT2D eigenvalue weighted by Crippen LogP contribution is -2.46. The topological polar surface area (TPSA) is 68.3 Å². The summed E-state index contributed by atoms with van der Waals surface area (Å²) in [6, 6.07) is 8.90. The van der Waals surface area contributed by atoms with Crippen molar-refractivity contribution in [2.24, 2.45) is 4.99 Å². The van der Waals surface area contributed by atoms with Gasteiger partial charge < -0.3 is 15.6 Å². The molecule has 0 amide bonds. The van der Waals surface area contributed by atoms with Crippen LogP contribution in [0.25, 0.3) is 11.0 Å². The summed E-state index contributed by atoms with van der Waals surface area (Å²) < 4.78 is 0. The summed E-state index contributed by atoms with van der Waals surface area (Å²) in [4.78, 5) is 14.9. The van der Waals surface area contributed by atoms with Gasteiger partial charge in [-0.05, 0) is 37.9 Å². The van der Waals surface area contributed by atoms with E-state index in [0.29, 0.717) is 0 Å². The molecule has 1 aromatic carbocycles. The maximum absolute atomic E-state index is 4.61. The largest absolute Gasteiger partial charge is 0.356 e. The Morgan fingerprint density at radius 1 is 1.27 bits per heavy atom. The van der Waals surface area contributed by atoms with E-state index >= 15 is 0 Å². The molecule has 0 radical (unpaired) electrons. The first-order valence-corrected chi connectivity index (χ1v) is 9.92. The van der Waals surface area contributed by atoms with E-state index in [0.717, 1.165) is 54.9 Å². The number of hydrogen-bond donors (Lipinski definition) is 3. The van der Waals surface area contributed by atoms with Crippen molar-refractivity contribution in [1.29, 1.82) is 0 Å². The predicted octanol–water partition coefficient (Wildman–Crippen LogP) is 2.53. The van der Waals surface area contributed by atoms with Crippen LogP contribution < -0.4 is 10.6 Å². The van der Waals surface area contributed by atoms with Gasteiger partial charge in [0.25, 0.3) is 0 Å². The van der Waals surface area contributed by atoms with Gasteiger partial charge in [-0.2, -0.15) is 0 Å². The van der Waals surface area contributed by atoms with Crippen LogP contribution in [-0.2, 0) is 6.42 Å². The van der Waals surface area contributed by atoms with Gasteiger partial charge in [0, 0.05) is 39.1 Å². The van der Waals surface area contributed by atoms with Crippen molar-refractivity contribution in [1.82, 2.24) is 25.5 Å². The minimum atomic E-state index is 0.758. The summed E-state index contributed by atoms with van der Waals surface area (Å²) in [6.07, 6.45) is 6.17. The van der Waals surface area contributed by atoms with Crippen LogP contribution in [0.5, 0.6) is 0 Å². The fraction of sp³-hybridized carbons (Fsp3) is 0.600. The fourth-order valence-electron chi connectivity index (χ4n) is 3.78. The zero-order valence-electron chi connectivity index (χ0n) is 16.1. The van der Waals surface area contributed by atoms with E-state index in [2.05, 4.69) is 43.5 Å². The minimum absolute atomic E-state index is 0.758. The van der Waals surface area contributed by atoms with Gasteiger partial charge in [-0.25, -0.2) is 4.98 Å². The number of likely N-dealkylation sites (tertiary alicyclic amines) is 1. The van der Waals surface area contributed by atoms with Crippen molar-refractivity contribution in [3.05, 3.63) is 30.1 Å². The molecule has 1 fully saturated rings. The third-order valence-corrected chi connectivity index (χ3v) is 5.23. The smallest absolute Gasteiger partial charge is 0.191 e. The second-order valence-corrected chi connectivity index (χ2v) is 6.97. The van der Waals surface area contributed by atoms with Crippen molar-refractivity contribution in [3.63, 3.8) is 0 Å². The van der Waals surface area contributed by atoms with Gasteiger partial charge in [0.05, 0.1) is 11.0 Å². The number of imidazole rings is 1. The summed E-state index contributed by atoms with van der Waals surface area (Å²) in [7, 11) is 1.83. The molecule has 3 rings (SSSR count). The highest BCUT2D eigenvalue weighted by Gasteiger charge is 2.19. The van der Waals surface area contributed by atoms with E-state index in [9.17, 15) is 0 Å². The Morgan fingerprint density at radius 2 is 2.12 bits per heavy atom. The molecule has 1 aromatic heterocycles. The average Bonchev–Trinajstić information content (AvgIpc) is 3.10. The molecule has 1 unspecified atom stereocenters. The number of nitrogens with zero attached hydrogens (tertiary/aromatic N) is 3. The second kappa shape index (κ2) is 9.57. The number of nitrogens with one attached hydrogen (secondary N) is 3. The third-order valence-electron chi connectivity index (χ3n) is 5.23. The molecule has 6 heteroatoms. The van der Waals surface area contributed by atoms with Crippen molar-refractivity contribution in [2.45, 2.75) is 45.1 Å². The predicted molar refractivity (Wildman–Crippen MR) is 109 cm³/mol.